The Balaban J connectivity index is 1.49. The lowest BCUT2D eigenvalue weighted by Crippen LogP contribution is -2.51. The van der Waals surface area contributed by atoms with E-state index >= 15 is 0 Å². The van der Waals surface area contributed by atoms with Crippen LogP contribution in [0.5, 0.6) is 0 Å². The first-order chi connectivity index (χ1) is 19.5. The molecule has 216 valence electrons. The van der Waals surface area contributed by atoms with Crippen LogP contribution in [0.15, 0.2) is 60.7 Å². The number of thiazole rings is 1. The van der Waals surface area contributed by atoms with Gasteiger partial charge in [-0.3, -0.25) is 14.4 Å². The van der Waals surface area contributed by atoms with Crippen molar-refractivity contribution in [1.82, 2.24) is 20.1 Å². The van der Waals surface area contributed by atoms with Crippen molar-refractivity contribution in [3.63, 3.8) is 0 Å². The molecule has 10 nitrogen and oxygen atoms in total. The van der Waals surface area contributed by atoms with Crippen molar-refractivity contribution in [2.24, 2.45) is 0 Å². The number of rotatable bonds is 8. The van der Waals surface area contributed by atoms with E-state index in [9.17, 15) is 24.3 Å². The van der Waals surface area contributed by atoms with Gasteiger partial charge in [0.15, 0.2) is 5.01 Å². The summed E-state index contributed by atoms with van der Waals surface area (Å²) in [6.07, 6.45) is 0.131. The Kier molecular flexibility index (Phi) is 9.38. The lowest BCUT2D eigenvalue weighted by molar-refractivity contribution is -0.139. The Morgan fingerprint density at radius 3 is 2.15 bits per heavy atom. The minimum absolute atomic E-state index is 0.207. The lowest BCUT2D eigenvalue weighted by atomic mass is 10.0. The van der Waals surface area contributed by atoms with E-state index in [0.717, 1.165) is 16.0 Å². The van der Waals surface area contributed by atoms with Crippen molar-refractivity contribution in [3.05, 3.63) is 65.7 Å². The number of carbonyl (C=O) groups excluding carboxylic acids is 3. The maximum atomic E-state index is 13.8. The molecule has 0 unspecified atom stereocenters. The summed E-state index contributed by atoms with van der Waals surface area (Å²) in [6, 6.07) is 18.8. The molecule has 0 aliphatic carbocycles. The number of hydrogen-bond donors (Lipinski definition) is 2. The first-order valence-electron chi connectivity index (χ1n) is 13.4. The van der Waals surface area contributed by atoms with Crippen LogP contribution in [0.2, 0.25) is 0 Å². The number of nitrogens with zero attached hydrogens (tertiary/aromatic N) is 3. The molecule has 41 heavy (non-hydrogen) atoms. The molecular formula is C30H34N4O6S. The number of piperidine rings is 1. The molecule has 1 fully saturated rings. The third-order valence-corrected chi connectivity index (χ3v) is 7.59. The van der Waals surface area contributed by atoms with E-state index in [-0.39, 0.29) is 23.5 Å². The van der Waals surface area contributed by atoms with Crippen molar-refractivity contribution in [1.29, 1.82) is 0 Å². The van der Waals surface area contributed by atoms with Crippen LogP contribution in [0.3, 0.4) is 0 Å². The van der Waals surface area contributed by atoms with Crippen molar-refractivity contribution < 1.29 is 29.0 Å². The van der Waals surface area contributed by atoms with Crippen LogP contribution >= 0.6 is 11.3 Å². The number of likely N-dealkylation sites (tertiary alicyclic amines) is 1. The van der Waals surface area contributed by atoms with Gasteiger partial charge < -0.3 is 25.0 Å². The second-order valence-electron chi connectivity index (χ2n) is 10.7. The van der Waals surface area contributed by atoms with Gasteiger partial charge in [-0.25, -0.2) is 9.78 Å². The number of benzene rings is 2. The molecule has 0 atom stereocenters. The smallest absolute Gasteiger partial charge is 0.408 e. The lowest BCUT2D eigenvalue weighted by Gasteiger charge is -2.37. The number of ether oxygens (including phenoxy) is 1. The topological polar surface area (TPSA) is 129 Å². The van der Waals surface area contributed by atoms with Crippen molar-refractivity contribution in [2.45, 2.75) is 45.3 Å². The number of aromatic nitrogens is 1. The highest BCUT2D eigenvalue weighted by Crippen LogP contribution is 2.37. The number of alkyl carbamates (subject to hydrolysis) is 1. The Bertz CT molecular complexity index is 1320. The molecule has 3 aromatic rings. The Hall–Kier alpha value is -4.25. The number of nitrogens with one attached hydrogen (secondary N) is 1. The third kappa shape index (κ3) is 7.91. The summed E-state index contributed by atoms with van der Waals surface area (Å²) in [4.78, 5) is 58.6. The summed E-state index contributed by atoms with van der Waals surface area (Å²) in [5.74, 6) is -1.85. The molecule has 2 aromatic carbocycles. The first kappa shape index (κ1) is 29.7. The van der Waals surface area contributed by atoms with E-state index in [2.05, 4.69) is 5.32 Å². The fourth-order valence-corrected chi connectivity index (χ4v) is 5.67. The number of hydrogen-bond acceptors (Lipinski definition) is 7. The summed E-state index contributed by atoms with van der Waals surface area (Å²) in [6.45, 7) is 5.18. The van der Waals surface area contributed by atoms with Gasteiger partial charge in [0.05, 0.1) is 10.6 Å². The largest absolute Gasteiger partial charge is 0.480 e. The molecule has 4 rings (SSSR count). The summed E-state index contributed by atoms with van der Waals surface area (Å²) < 4.78 is 5.17. The van der Waals surface area contributed by atoms with E-state index in [1.807, 2.05) is 60.7 Å². The zero-order valence-electron chi connectivity index (χ0n) is 23.3. The van der Waals surface area contributed by atoms with Crippen LogP contribution in [0, 0.1) is 0 Å². The van der Waals surface area contributed by atoms with Gasteiger partial charge in [-0.2, -0.15) is 0 Å². The van der Waals surface area contributed by atoms with Crippen molar-refractivity contribution in [3.8, 4) is 21.7 Å². The fraction of sp³-hybridized carbons (Fsp3) is 0.367. The summed E-state index contributed by atoms with van der Waals surface area (Å²) in [7, 11) is 0. The molecule has 0 spiro atoms. The van der Waals surface area contributed by atoms with Crippen molar-refractivity contribution in [2.75, 3.05) is 26.2 Å². The third-order valence-electron chi connectivity index (χ3n) is 6.50. The van der Waals surface area contributed by atoms with Crippen LogP contribution in [0.1, 0.15) is 43.4 Å². The number of carboxylic acid groups (broad SMARTS) is 1. The molecule has 0 bridgehead atoms. The van der Waals surface area contributed by atoms with Crippen LogP contribution in [-0.4, -0.2) is 81.6 Å². The maximum absolute atomic E-state index is 13.8. The SMILES string of the molecule is CC(C)(C)OC(=O)NCC(=O)N1CCC(N(CC(=O)O)C(=O)c2nc(-c3ccccc3)c(-c3ccccc3)s2)CC1. The molecule has 1 aromatic heterocycles. The van der Waals surface area contributed by atoms with Gasteiger partial charge in [0.1, 0.15) is 18.7 Å². The number of carbonyl (C=O) groups is 4. The minimum atomic E-state index is -1.12. The quantitative estimate of drug-likeness (QED) is 0.402. The normalized spacial score (nSPS) is 13.9. The molecule has 3 amide bonds. The summed E-state index contributed by atoms with van der Waals surface area (Å²) >= 11 is 1.24. The zero-order chi connectivity index (χ0) is 29.6. The number of amides is 3. The van der Waals surface area contributed by atoms with E-state index in [0.29, 0.717) is 31.6 Å². The highest BCUT2D eigenvalue weighted by molar-refractivity contribution is 7.17. The monoisotopic (exact) mass is 578 g/mol. The van der Waals surface area contributed by atoms with E-state index in [1.54, 1.807) is 25.7 Å². The van der Waals surface area contributed by atoms with Gasteiger partial charge in [0, 0.05) is 24.7 Å². The number of carboxylic acids is 1. The van der Waals surface area contributed by atoms with E-state index in [1.165, 1.54) is 16.2 Å². The second-order valence-corrected chi connectivity index (χ2v) is 11.7. The highest BCUT2D eigenvalue weighted by Gasteiger charge is 2.33. The molecule has 0 saturated carbocycles. The number of aliphatic carboxylic acids is 1. The molecule has 0 radical (unpaired) electrons. The standard InChI is InChI=1S/C30H34N4O6S/c1-30(2,3)40-29(39)31-18-23(35)33-16-14-22(15-17-33)34(19-24(36)37)28(38)27-32-25(20-10-6-4-7-11-20)26(41-27)21-12-8-5-9-13-21/h4-13,22H,14-19H2,1-3H3,(H,31,39)(H,36,37). The van der Waals surface area contributed by atoms with E-state index < -0.39 is 30.1 Å². The van der Waals surface area contributed by atoms with Gasteiger partial charge in [0.25, 0.3) is 5.91 Å². The molecule has 1 saturated heterocycles. The van der Waals surface area contributed by atoms with Gasteiger partial charge >= 0.3 is 12.1 Å². The average molecular weight is 579 g/mol. The van der Waals surface area contributed by atoms with Gasteiger partial charge in [0.2, 0.25) is 5.91 Å². The highest BCUT2D eigenvalue weighted by atomic mass is 32.1. The maximum Gasteiger partial charge on any atom is 0.408 e. The molecule has 1 aliphatic heterocycles. The van der Waals surface area contributed by atoms with Gasteiger partial charge in [-0.05, 0) is 39.2 Å². The molecule has 1 aliphatic rings. The molecule has 2 heterocycles. The fourth-order valence-electron chi connectivity index (χ4n) is 4.62. The molecule has 11 heteroatoms. The van der Waals surface area contributed by atoms with Crippen molar-refractivity contribution >= 4 is 35.2 Å². The van der Waals surface area contributed by atoms with E-state index in [4.69, 9.17) is 9.72 Å². The molecular weight excluding hydrogens is 544 g/mol. The zero-order valence-corrected chi connectivity index (χ0v) is 24.1. The minimum Gasteiger partial charge on any atom is -0.480 e. The average Bonchev–Trinajstić information content (AvgIpc) is 3.40. The predicted octanol–water partition coefficient (Wildman–Crippen LogP) is 4.52. The van der Waals surface area contributed by atoms with Crippen LogP contribution in [0.25, 0.3) is 21.7 Å². The van der Waals surface area contributed by atoms with Gasteiger partial charge in [-0.15, -0.1) is 11.3 Å². The second kappa shape index (κ2) is 12.9. The molecule has 2 N–H and O–H groups in total. The van der Waals surface area contributed by atoms with Gasteiger partial charge in [-0.1, -0.05) is 60.7 Å². The Morgan fingerprint density at radius 1 is 1.00 bits per heavy atom. The van der Waals surface area contributed by atoms with Crippen LogP contribution in [-0.2, 0) is 14.3 Å². The first-order valence-corrected chi connectivity index (χ1v) is 14.2. The Morgan fingerprint density at radius 2 is 1.59 bits per heavy atom. The summed E-state index contributed by atoms with van der Waals surface area (Å²) in [5.41, 5.74) is 1.77. The van der Waals surface area contributed by atoms with Crippen LogP contribution in [0.4, 0.5) is 4.79 Å². The summed E-state index contributed by atoms with van der Waals surface area (Å²) in [5, 5.41) is 12.3. The van der Waals surface area contributed by atoms with Crippen LogP contribution < -0.4 is 5.32 Å². The Labute approximate surface area is 242 Å². The predicted molar refractivity (Wildman–Crippen MR) is 155 cm³/mol.